The summed E-state index contributed by atoms with van der Waals surface area (Å²) in [5.74, 6) is -1.16. The summed E-state index contributed by atoms with van der Waals surface area (Å²) < 4.78 is 4.61. The monoisotopic (exact) mass is 234 g/mol. The minimum absolute atomic E-state index is 0.196. The van der Waals surface area contributed by atoms with Crippen LogP contribution < -0.4 is 5.32 Å². The molecular weight excluding hydrogens is 220 g/mol. The van der Waals surface area contributed by atoms with E-state index < -0.39 is 11.9 Å². The Bertz CT molecular complexity index is 415. The molecule has 0 aromatic heterocycles. The zero-order valence-electron chi connectivity index (χ0n) is 9.53. The second kappa shape index (κ2) is 6.42. The summed E-state index contributed by atoms with van der Waals surface area (Å²) in [5.41, 5.74) is 0.287. The Balaban J connectivity index is 2.45. The van der Waals surface area contributed by atoms with E-state index in [0.717, 1.165) is 0 Å². The summed E-state index contributed by atoms with van der Waals surface area (Å²) in [6.45, 7) is 1.84. The van der Waals surface area contributed by atoms with Gasteiger partial charge in [-0.05, 0) is 19.1 Å². The van der Waals surface area contributed by atoms with Crippen LogP contribution in [0.3, 0.4) is 0 Å². The van der Waals surface area contributed by atoms with E-state index in [4.69, 9.17) is 5.41 Å². The van der Waals surface area contributed by atoms with Crippen LogP contribution in [-0.2, 0) is 14.3 Å². The number of carbonyl (C=O) groups is 2. The van der Waals surface area contributed by atoms with Gasteiger partial charge in [-0.2, -0.15) is 0 Å². The lowest BCUT2D eigenvalue weighted by Gasteiger charge is -2.05. The fraction of sp³-hybridized carbons (Fsp3) is 0.250. The van der Waals surface area contributed by atoms with Crippen LogP contribution in [0.15, 0.2) is 30.3 Å². The van der Waals surface area contributed by atoms with E-state index in [-0.39, 0.29) is 18.7 Å². The number of rotatable bonds is 5. The molecule has 0 radical (unpaired) electrons. The normalized spacial score (nSPS) is 9.47. The minimum Gasteiger partial charge on any atom is -0.462 e. The van der Waals surface area contributed by atoms with Crippen LogP contribution in [0, 0.1) is 5.41 Å². The molecule has 90 valence electrons. The average Bonchev–Trinajstić information content (AvgIpc) is 2.30. The van der Waals surface area contributed by atoms with Gasteiger partial charge in [0, 0.05) is 5.69 Å². The molecule has 2 N–H and O–H groups in total. The Morgan fingerprint density at radius 1 is 1.29 bits per heavy atom. The summed E-state index contributed by atoms with van der Waals surface area (Å²) >= 11 is 0. The lowest BCUT2D eigenvalue weighted by atomic mass is 10.2. The van der Waals surface area contributed by atoms with Gasteiger partial charge in [-0.25, -0.2) is 4.79 Å². The third-order valence-corrected chi connectivity index (χ3v) is 1.92. The van der Waals surface area contributed by atoms with Gasteiger partial charge in [0.15, 0.2) is 0 Å². The first-order valence-corrected chi connectivity index (χ1v) is 5.23. The minimum atomic E-state index is -0.754. The molecule has 1 aromatic rings. The van der Waals surface area contributed by atoms with Crippen molar-refractivity contribution in [2.75, 3.05) is 11.9 Å². The molecule has 0 unspecified atom stereocenters. The summed E-state index contributed by atoms with van der Waals surface area (Å²) in [7, 11) is 0. The Labute approximate surface area is 99.3 Å². The Hall–Kier alpha value is -2.17. The molecule has 0 saturated carbocycles. The SMILES string of the molecule is CCOC(=O)C(=N)CC(=O)Nc1ccccc1. The lowest BCUT2D eigenvalue weighted by molar-refractivity contribution is -0.135. The number of benzene rings is 1. The number of hydrogen-bond donors (Lipinski definition) is 2. The molecule has 0 fully saturated rings. The number of anilines is 1. The van der Waals surface area contributed by atoms with Crippen molar-refractivity contribution in [1.29, 1.82) is 5.41 Å². The zero-order chi connectivity index (χ0) is 12.7. The van der Waals surface area contributed by atoms with Gasteiger partial charge in [0.2, 0.25) is 5.91 Å². The number of carbonyl (C=O) groups excluding carboxylic acids is 2. The van der Waals surface area contributed by atoms with Crippen LogP contribution in [0.1, 0.15) is 13.3 Å². The molecule has 1 aromatic carbocycles. The molecule has 0 spiro atoms. The van der Waals surface area contributed by atoms with Gasteiger partial charge >= 0.3 is 5.97 Å². The van der Waals surface area contributed by atoms with Gasteiger partial charge in [-0.3, -0.25) is 10.2 Å². The predicted octanol–water partition coefficient (Wildman–Crippen LogP) is 1.60. The fourth-order valence-corrected chi connectivity index (χ4v) is 1.18. The van der Waals surface area contributed by atoms with E-state index in [0.29, 0.717) is 5.69 Å². The number of hydrogen-bond acceptors (Lipinski definition) is 4. The first-order valence-electron chi connectivity index (χ1n) is 5.23. The van der Waals surface area contributed by atoms with Crippen molar-refractivity contribution >= 4 is 23.3 Å². The van der Waals surface area contributed by atoms with Gasteiger partial charge < -0.3 is 10.1 Å². The molecule has 0 saturated heterocycles. The van der Waals surface area contributed by atoms with Crippen LogP contribution in [0.5, 0.6) is 0 Å². The number of ether oxygens (including phenoxy) is 1. The highest BCUT2D eigenvalue weighted by Gasteiger charge is 2.14. The van der Waals surface area contributed by atoms with E-state index in [9.17, 15) is 9.59 Å². The maximum absolute atomic E-state index is 11.5. The highest BCUT2D eigenvalue weighted by molar-refractivity contribution is 6.38. The zero-order valence-corrected chi connectivity index (χ0v) is 9.53. The van der Waals surface area contributed by atoms with Crippen LogP contribution in [0.2, 0.25) is 0 Å². The molecule has 0 heterocycles. The van der Waals surface area contributed by atoms with Crippen LogP contribution in [0.25, 0.3) is 0 Å². The van der Waals surface area contributed by atoms with E-state index in [2.05, 4.69) is 10.1 Å². The molecule has 1 rings (SSSR count). The van der Waals surface area contributed by atoms with Crippen LogP contribution >= 0.6 is 0 Å². The maximum Gasteiger partial charge on any atom is 0.352 e. The number of amides is 1. The second-order valence-corrected chi connectivity index (χ2v) is 3.29. The van der Waals surface area contributed by atoms with Crippen molar-refractivity contribution < 1.29 is 14.3 Å². The number of nitrogens with one attached hydrogen (secondary N) is 2. The van der Waals surface area contributed by atoms with Gasteiger partial charge in [0.05, 0.1) is 13.0 Å². The molecule has 0 aliphatic rings. The van der Waals surface area contributed by atoms with Crippen molar-refractivity contribution in [2.45, 2.75) is 13.3 Å². The van der Waals surface area contributed by atoms with Crippen molar-refractivity contribution in [2.24, 2.45) is 0 Å². The quantitative estimate of drug-likeness (QED) is 0.600. The van der Waals surface area contributed by atoms with Crippen molar-refractivity contribution in [1.82, 2.24) is 0 Å². The van der Waals surface area contributed by atoms with Crippen molar-refractivity contribution in [3.8, 4) is 0 Å². The first kappa shape index (κ1) is 12.9. The van der Waals surface area contributed by atoms with E-state index in [1.165, 1.54) is 0 Å². The van der Waals surface area contributed by atoms with Crippen LogP contribution in [0.4, 0.5) is 5.69 Å². The molecule has 0 atom stereocenters. The second-order valence-electron chi connectivity index (χ2n) is 3.29. The highest BCUT2D eigenvalue weighted by atomic mass is 16.5. The number of para-hydroxylation sites is 1. The fourth-order valence-electron chi connectivity index (χ4n) is 1.18. The molecule has 0 aliphatic carbocycles. The molecule has 17 heavy (non-hydrogen) atoms. The van der Waals surface area contributed by atoms with E-state index in [1.54, 1.807) is 31.2 Å². The average molecular weight is 234 g/mol. The maximum atomic E-state index is 11.5. The molecule has 0 bridgehead atoms. The molecule has 5 heteroatoms. The summed E-state index contributed by atoms with van der Waals surface area (Å²) in [5, 5.41) is 9.94. The van der Waals surface area contributed by atoms with Crippen molar-refractivity contribution in [3.63, 3.8) is 0 Å². The topological polar surface area (TPSA) is 79.2 Å². The highest BCUT2D eigenvalue weighted by Crippen LogP contribution is 2.05. The van der Waals surface area contributed by atoms with Crippen LogP contribution in [-0.4, -0.2) is 24.2 Å². The van der Waals surface area contributed by atoms with Crippen molar-refractivity contribution in [3.05, 3.63) is 30.3 Å². The van der Waals surface area contributed by atoms with E-state index in [1.807, 2.05) is 6.07 Å². The summed E-state index contributed by atoms with van der Waals surface area (Å²) in [6.07, 6.45) is -0.284. The standard InChI is InChI=1S/C12H14N2O3/c1-2-17-12(16)10(13)8-11(15)14-9-6-4-3-5-7-9/h3-7,13H,2,8H2,1H3,(H,14,15). The summed E-state index contributed by atoms with van der Waals surface area (Å²) in [6, 6.07) is 8.85. The molecular formula is C12H14N2O3. The largest absolute Gasteiger partial charge is 0.462 e. The molecule has 0 aliphatic heterocycles. The van der Waals surface area contributed by atoms with Gasteiger partial charge in [0.1, 0.15) is 5.71 Å². The first-order chi connectivity index (χ1) is 8.13. The smallest absolute Gasteiger partial charge is 0.352 e. The predicted molar refractivity (Wildman–Crippen MR) is 64.0 cm³/mol. The Morgan fingerprint density at radius 2 is 1.94 bits per heavy atom. The third-order valence-electron chi connectivity index (χ3n) is 1.92. The Morgan fingerprint density at radius 3 is 2.53 bits per heavy atom. The third kappa shape index (κ3) is 4.46. The van der Waals surface area contributed by atoms with Gasteiger partial charge in [-0.1, -0.05) is 18.2 Å². The Kier molecular flexibility index (Phi) is 4.87. The molecule has 5 nitrogen and oxygen atoms in total. The molecule has 1 amide bonds. The van der Waals surface area contributed by atoms with E-state index >= 15 is 0 Å². The summed E-state index contributed by atoms with van der Waals surface area (Å²) in [4.78, 5) is 22.6. The van der Waals surface area contributed by atoms with Gasteiger partial charge in [-0.15, -0.1) is 0 Å². The number of esters is 1. The lowest BCUT2D eigenvalue weighted by Crippen LogP contribution is -2.23. The van der Waals surface area contributed by atoms with Gasteiger partial charge in [0.25, 0.3) is 0 Å².